The summed E-state index contributed by atoms with van der Waals surface area (Å²) in [6.45, 7) is 6.31. The van der Waals surface area contributed by atoms with Crippen molar-refractivity contribution in [2.24, 2.45) is 0 Å². The Morgan fingerprint density at radius 2 is 1.78 bits per heavy atom. The molecule has 0 spiro atoms. The van der Waals surface area contributed by atoms with E-state index < -0.39 is 0 Å². The molecule has 4 rings (SSSR count). The van der Waals surface area contributed by atoms with Gasteiger partial charge in [-0.15, -0.1) is 5.10 Å². The van der Waals surface area contributed by atoms with Crippen LogP contribution in [-0.4, -0.2) is 52.0 Å². The number of hydrogen-bond acceptors (Lipinski definition) is 4. The third-order valence-corrected chi connectivity index (χ3v) is 6.00. The van der Waals surface area contributed by atoms with Crippen molar-refractivity contribution in [1.82, 2.24) is 25.2 Å². The Labute approximate surface area is 189 Å². The molecule has 0 aliphatic carbocycles. The van der Waals surface area contributed by atoms with Crippen molar-refractivity contribution >= 4 is 11.5 Å². The van der Waals surface area contributed by atoms with Gasteiger partial charge in [-0.2, -0.15) is 0 Å². The van der Waals surface area contributed by atoms with Crippen molar-refractivity contribution in [3.05, 3.63) is 89.3 Å². The minimum Gasteiger partial charge on any atom is -0.351 e. The first-order chi connectivity index (χ1) is 15.7. The molecule has 6 nitrogen and oxygen atoms in total. The van der Waals surface area contributed by atoms with E-state index in [9.17, 15) is 4.79 Å². The van der Waals surface area contributed by atoms with Crippen LogP contribution in [0.15, 0.2) is 66.7 Å². The number of rotatable bonds is 9. The van der Waals surface area contributed by atoms with E-state index in [4.69, 9.17) is 0 Å². The van der Waals surface area contributed by atoms with Crippen molar-refractivity contribution in [3.8, 4) is 0 Å². The molecule has 0 saturated heterocycles. The van der Waals surface area contributed by atoms with E-state index in [1.54, 1.807) is 4.68 Å². The fourth-order valence-corrected chi connectivity index (χ4v) is 4.05. The van der Waals surface area contributed by atoms with Crippen LogP contribution in [0.3, 0.4) is 0 Å². The summed E-state index contributed by atoms with van der Waals surface area (Å²) in [5.41, 5.74) is 5.13. The fourth-order valence-electron chi connectivity index (χ4n) is 4.05. The van der Waals surface area contributed by atoms with Crippen LogP contribution in [0.4, 0.5) is 0 Å². The SMILES string of the molecule is Cc1c(C(=O)NCCCCN2CC=C(c3ccccc3)CC2)nnn1Cc1ccccc1. The van der Waals surface area contributed by atoms with E-state index in [1.165, 1.54) is 11.1 Å². The van der Waals surface area contributed by atoms with Gasteiger partial charge in [0.15, 0.2) is 5.69 Å². The number of nitrogens with one attached hydrogen (secondary N) is 1. The van der Waals surface area contributed by atoms with Gasteiger partial charge in [0, 0.05) is 19.6 Å². The predicted octanol–water partition coefficient (Wildman–Crippen LogP) is 3.93. The number of carbonyl (C=O) groups excluding carboxylic acids is 1. The van der Waals surface area contributed by atoms with Crippen LogP contribution in [0.25, 0.3) is 5.57 Å². The first-order valence-corrected chi connectivity index (χ1v) is 11.4. The number of amides is 1. The number of unbranched alkanes of at least 4 members (excludes halogenated alkanes) is 1. The standard InChI is InChI=1S/C26H31N5O/c1-21-25(28-29-31(21)20-22-10-4-2-5-11-22)26(32)27-16-8-9-17-30-18-14-24(15-19-30)23-12-6-3-7-13-23/h2-7,10-14H,8-9,15-20H2,1H3,(H,27,32). The van der Waals surface area contributed by atoms with Crippen molar-refractivity contribution < 1.29 is 4.79 Å². The van der Waals surface area contributed by atoms with Gasteiger partial charge >= 0.3 is 0 Å². The van der Waals surface area contributed by atoms with Crippen molar-refractivity contribution in [2.45, 2.75) is 32.7 Å². The average molecular weight is 430 g/mol. The first kappa shape index (κ1) is 22.0. The maximum Gasteiger partial charge on any atom is 0.273 e. The molecule has 0 radical (unpaired) electrons. The molecule has 0 unspecified atom stereocenters. The highest BCUT2D eigenvalue weighted by Crippen LogP contribution is 2.22. The van der Waals surface area contributed by atoms with E-state index in [2.05, 4.69) is 56.9 Å². The number of carbonyl (C=O) groups is 1. The minimum atomic E-state index is -0.143. The van der Waals surface area contributed by atoms with Crippen LogP contribution in [0.5, 0.6) is 0 Å². The largest absolute Gasteiger partial charge is 0.351 e. The van der Waals surface area contributed by atoms with Gasteiger partial charge in [0.05, 0.1) is 12.2 Å². The zero-order valence-electron chi connectivity index (χ0n) is 18.7. The Morgan fingerprint density at radius 3 is 2.50 bits per heavy atom. The molecule has 0 atom stereocenters. The highest BCUT2D eigenvalue weighted by molar-refractivity contribution is 5.93. The highest BCUT2D eigenvalue weighted by Gasteiger charge is 2.16. The molecule has 0 saturated carbocycles. The van der Waals surface area contributed by atoms with Crippen molar-refractivity contribution in [1.29, 1.82) is 0 Å². The number of hydrogen-bond donors (Lipinski definition) is 1. The van der Waals surface area contributed by atoms with Gasteiger partial charge in [-0.1, -0.05) is 72.0 Å². The summed E-state index contributed by atoms with van der Waals surface area (Å²) >= 11 is 0. The fraction of sp³-hybridized carbons (Fsp3) is 0.346. The topological polar surface area (TPSA) is 63.1 Å². The first-order valence-electron chi connectivity index (χ1n) is 11.4. The van der Waals surface area contributed by atoms with Gasteiger partial charge in [-0.3, -0.25) is 9.69 Å². The molecule has 1 aliphatic rings. The van der Waals surface area contributed by atoms with Gasteiger partial charge in [0.25, 0.3) is 5.91 Å². The van der Waals surface area contributed by atoms with Crippen molar-refractivity contribution in [3.63, 3.8) is 0 Å². The summed E-state index contributed by atoms with van der Waals surface area (Å²) in [5.74, 6) is -0.143. The van der Waals surface area contributed by atoms with Gasteiger partial charge in [0.2, 0.25) is 0 Å². The molecule has 1 N–H and O–H groups in total. The lowest BCUT2D eigenvalue weighted by molar-refractivity contribution is 0.0947. The molecule has 1 aromatic heterocycles. The number of nitrogens with zero attached hydrogens (tertiary/aromatic N) is 4. The second-order valence-corrected chi connectivity index (χ2v) is 8.28. The summed E-state index contributed by atoms with van der Waals surface area (Å²) in [5, 5.41) is 11.3. The molecule has 1 amide bonds. The third-order valence-electron chi connectivity index (χ3n) is 6.00. The highest BCUT2D eigenvalue weighted by atomic mass is 16.2. The monoisotopic (exact) mass is 429 g/mol. The van der Waals surface area contributed by atoms with Gasteiger partial charge in [-0.05, 0) is 49.4 Å². The van der Waals surface area contributed by atoms with E-state index in [0.29, 0.717) is 18.8 Å². The summed E-state index contributed by atoms with van der Waals surface area (Å²) < 4.78 is 1.78. The number of aromatic nitrogens is 3. The molecule has 166 valence electrons. The summed E-state index contributed by atoms with van der Waals surface area (Å²) in [6, 6.07) is 20.7. The van der Waals surface area contributed by atoms with Crippen LogP contribution in [0, 0.1) is 6.92 Å². The lowest BCUT2D eigenvalue weighted by Crippen LogP contribution is -2.30. The third kappa shape index (κ3) is 5.71. The van der Waals surface area contributed by atoms with Crippen LogP contribution in [0.1, 0.15) is 46.6 Å². The Balaban J connectivity index is 1.17. The lowest BCUT2D eigenvalue weighted by atomic mass is 9.99. The van der Waals surface area contributed by atoms with Gasteiger partial charge in [-0.25, -0.2) is 4.68 Å². The molecule has 1 aliphatic heterocycles. The normalized spacial score (nSPS) is 14.2. The Hall–Kier alpha value is -3.25. The summed E-state index contributed by atoms with van der Waals surface area (Å²) in [6.07, 6.45) is 5.46. The zero-order chi connectivity index (χ0) is 22.2. The van der Waals surface area contributed by atoms with E-state index >= 15 is 0 Å². The summed E-state index contributed by atoms with van der Waals surface area (Å²) in [7, 11) is 0. The molecule has 6 heteroatoms. The molecule has 2 aromatic carbocycles. The minimum absolute atomic E-state index is 0.143. The Morgan fingerprint density at radius 1 is 1.03 bits per heavy atom. The molecule has 3 aromatic rings. The van der Waals surface area contributed by atoms with Crippen LogP contribution >= 0.6 is 0 Å². The molecule has 32 heavy (non-hydrogen) atoms. The summed E-state index contributed by atoms with van der Waals surface area (Å²) in [4.78, 5) is 15.0. The molecular formula is C26H31N5O. The van der Waals surface area contributed by atoms with E-state index in [1.807, 2.05) is 37.3 Å². The molecule has 0 bridgehead atoms. The zero-order valence-corrected chi connectivity index (χ0v) is 18.7. The predicted molar refractivity (Wildman–Crippen MR) is 127 cm³/mol. The van der Waals surface area contributed by atoms with Gasteiger partial charge < -0.3 is 5.32 Å². The van der Waals surface area contributed by atoms with Gasteiger partial charge in [0.1, 0.15) is 0 Å². The number of benzene rings is 2. The second kappa shape index (κ2) is 10.9. The second-order valence-electron chi connectivity index (χ2n) is 8.28. The van der Waals surface area contributed by atoms with Crippen LogP contribution in [-0.2, 0) is 6.54 Å². The molecular weight excluding hydrogens is 398 g/mol. The van der Waals surface area contributed by atoms with E-state index in [0.717, 1.165) is 50.2 Å². The van der Waals surface area contributed by atoms with E-state index in [-0.39, 0.29) is 5.91 Å². The Kier molecular flexibility index (Phi) is 7.46. The Bertz CT molecular complexity index is 1040. The lowest BCUT2D eigenvalue weighted by Gasteiger charge is -2.26. The van der Waals surface area contributed by atoms with Crippen molar-refractivity contribution in [2.75, 3.05) is 26.2 Å². The maximum atomic E-state index is 12.5. The maximum absolute atomic E-state index is 12.5. The smallest absolute Gasteiger partial charge is 0.273 e. The molecule has 2 heterocycles. The quantitative estimate of drug-likeness (QED) is 0.524. The molecule has 0 fully saturated rings. The van der Waals surface area contributed by atoms with Crippen LogP contribution < -0.4 is 5.32 Å². The van der Waals surface area contributed by atoms with Crippen LogP contribution in [0.2, 0.25) is 0 Å². The average Bonchev–Trinajstić information content (AvgIpc) is 3.20.